The maximum absolute atomic E-state index is 12.2. The van der Waals surface area contributed by atoms with Gasteiger partial charge < -0.3 is 0 Å². The molecule has 0 amide bonds. The van der Waals surface area contributed by atoms with E-state index in [4.69, 9.17) is 0 Å². The molecule has 0 N–H and O–H groups in total. The lowest BCUT2D eigenvalue weighted by molar-refractivity contribution is -0.137. The lowest BCUT2D eigenvalue weighted by atomic mass is 10.3. The van der Waals surface area contributed by atoms with Crippen molar-refractivity contribution in [2.45, 2.75) is 13.1 Å². The highest BCUT2D eigenvalue weighted by molar-refractivity contribution is 5.56. The van der Waals surface area contributed by atoms with E-state index in [-0.39, 0.29) is 0 Å². The molecule has 0 aromatic carbocycles. The number of pyridine rings is 1. The molecule has 0 radical (unpaired) electrons. The summed E-state index contributed by atoms with van der Waals surface area (Å²) in [6.07, 6.45) is -2.03. The molecule has 0 unspecified atom stereocenters. The van der Waals surface area contributed by atoms with Crippen LogP contribution in [0, 0.1) is 0 Å². The Bertz CT molecular complexity index is 343. The van der Waals surface area contributed by atoms with Gasteiger partial charge in [0.15, 0.2) is 0 Å². The van der Waals surface area contributed by atoms with E-state index in [0.29, 0.717) is 5.82 Å². The van der Waals surface area contributed by atoms with Crippen LogP contribution in [0.5, 0.6) is 0 Å². The van der Waals surface area contributed by atoms with Gasteiger partial charge in [-0.05, 0) is 19.1 Å². The van der Waals surface area contributed by atoms with Crippen molar-refractivity contribution in [1.29, 1.82) is 0 Å². The van der Waals surface area contributed by atoms with Gasteiger partial charge in [0.1, 0.15) is 5.82 Å². The van der Waals surface area contributed by atoms with Crippen LogP contribution in [0.4, 0.5) is 19.0 Å². The Morgan fingerprint density at radius 1 is 1.40 bits per heavy atom. The number of hydrogen-bond donors (Lipinski definition) is 0. The molecule has 0 spiro atoms. The van der Waals surface area contributed by atoms with Crippen molar-refractivity contribution in [3.05, 3.63) is 23.9 Å². The minimum Gasteiger partial charge on any atom is -0.251 e. The molecule has 1 heterocycles. The normalized spacial score (nSPS) is 12.1. The molecular weight excluding hydrogens is 207 g/mol. The summed E-state index contributed by atoms with van der Waals surface area (Å²) < 4.78 is 36.6. The van der Waals surface area contributed by atoms with Gasteiger partial charge in [-0.15, -0.1) is 0 Å². The van der Waals surface area contributed by atoms with Gasteiger partial charge in [-0.2, -0.15) is 18.3 Å². The SMILES string of the molecule is C/C=N/N(C)c1ccc(C(F)(F)F)cn1. The second-order valence-electron chi connectivity index (χ2n) is 2.80. The Balaban J connectivity index is 2.90. The quantitative estimate of drug-likeness (QED) is 0.562. The summed E-state index contributed by atoms with van der Waals surface area (Å²) in [6.45, 7) is 1.71. The van der Waals surface area contributed by atoms with Gasteiger partial charge in [-0.3, -0.25) is 5.01 Å². The number of nitrogens with zero attached hydrogens (tertiary/aromatic N) is 3. The fourth-order valence-electron chi connectivity index (χ4n) is 0.978. The topological polar surface area (TPSA) is 28.5 Å². The maximum Gasteiger partial charge on any atom is 0.417 e. The first-order chi connectivity index (χ1) is 6.95. The van der Waals surface area contributed by atoms with E-state index in [1.54, 1.807) is 14.0 Å². The van der Waals surface area contributed by atoms with Crippen molar-refractivity contribution in [3.8, 4) is 0 Å². The smallest absolute Gasteiger partial charge is 0.251 e. The van der Waals surface area contributed by atoms with Gasteiger partial charge in [0.25, 0.3) is 0 Å². The molecule has 6 heteroatoms. The highest BCUT2D eigenvalue weighted by Crippen LogP contribution is 2.29. The zero-order valence-electron chi connectivity index (χ0n) is 8.28. The summed E-state index contributed by atoms with van der Waals surface area (Å²) >= 11 is 0. The molecule has 0 fully saturated rings. The van der Waals surface area contributed by atoms with Gasteiger partial charge in [0.05, 0.1) is 5.56 Å². The van der Waals surface area contributed by atoms with Gasteiger partial charge in [0, 0.05) is 19.5 Å². The van der Waals surface area contributed by atoms with Crippen LogP contribution in [-0.2, 0) is 6.18 Å². The Labute approximate surface area is 85.2 Å². The van der Waals surface area contributed by atoms with Gasteiger partial charge in [-0.1, -0.05) is 0 Å². The van der Waals surface area contributed by atoms with Crippen LogP contribution in [0.3, 0.4) is 0 Å². The Kier molecular flexibility index (Phi) is 3.28. The fraction of sp³-hybridized carbons (Fsp3) is 0.333. The summed E-state index contributed by atoms with van der Waals surface area (Å²) in [6, 6.07) is 2.25. The minimum atomic E-state index is -4.35. The summed E-state index contributed by atoms with van der Waals surface area (Å²) in [5, 5.41) is 5.24. The third kappa shape index (κ3) is 2.93. The van der Waals surface area contributed by atoms with Crippen LogP contribution in [0.2, 0.25) is 0 Å². The monoisotopic (exact) mass is 217 g/mol. The summed E-state index contributed by atoms with van der Waals surface area (Å²) in [5.74, 6) is 0.362. The second-order valence-corrected chi connectivity index (χ2v) is 2.80. The molecule has 1 aromatic heterocycles. The number of rotatable bonds is 2. The number of hydrogen-bond acceptors (Lipinski definition) is 3. The first-order valence-electron chi connectivity index (χ1n) is 4.20. The number of alkyl halides is 3. The third-order valence-electron chi connectivity index (χ3n) is 1.70. The highest BCUT2D eigenvalue weighted by Gasteiger charge is 2.30. The average Bonchev–Trinajstić information content (AvgIpc) is 2.17. The molecule has 0 aliphatic carbocycles. The van der Waals surface area contributed by atoms with E-state index in [0.717, 1.165) is 12.3 Å². The molecule has 0 aliphatic rings. The van der Waals surface area contributed by atoms with Crippen LogP contribution >= 0.6 is 0 Å². The zero-order valence-corrected chi connectivity index (χ0v) is 8.28. The van der Waals surface area contributed by atoms with Crippen molar-refractivity contribution in [1.82, 2.24) is 4.98 Å². The Morgan fingerprint density at radius 2 is 2.07 bits per heavy atom. The highest BCUT2D eigenvalue weighted by atomic mass is 19.4. The molecule has 82 valence electrons. The van der Waals surface area contributed by atoms with Crippen LogP contribution in [-0.4, -0.2) is 18.2 Å². The lowest BCUT2D eigenvalue weighted by Gasteiger charge is -2.12. The van der Waals surface area contributed by atoms with Crippen molar-refractivity contribution >= 4 is 12.0 Å². The summed E-state index contributed by atoms with van der Waals surface area (Å²) in [4.78, 5) is 3.66. The van der Waals surface area contributed by atoms with E-state index in [1.165, 1.54) is 17.3 Å². The van der Waals surface area contributed by atoms with Gasteiger partial charge >= 0.3 is 6.18 Å². The van der Waals surface area contributed by atoms with E-state index >= 15 is 0 Å². The predicted octanol–water partition coefficient (Wildman–Crippen LogP) is 2.54. The Hall–Kier alpha value is -1.59. The summed E-state index contributed by atoms with van der Waals surface area (Å²) in [5.41, 5.74) is -0.764. The number of aromatic nitrogens is 1. The van der Waals surface area contributed by atoms with Gasteiger partial charge in [-0.25, -0.2) is 4.98 Å². The molecule has 0 saturated carbocycles. The van der Waals surface area contributed by atoms with E-state index in [2.05, 4.69) is 10.1 Å². The Morgan fingerprint density at radius 3 is 2.47 bits per heavy atom. The van der Waals surface area contributed by atoms with Crippen LogP contribution in [0.1, 0.15) is 12.5 Å². The molecule has 1 aromatic rings. The van der Waals surface area contributed by atoms with Crippen molar-refractivity contribution in [3.63, 3.8) is 0 Å². The lowest BCUT2D eigenvalue weighted by Crippen LogP contribution is -2.11. The fourth-order valence-corrected chi connectivity index (χ4v) is 0.978. The first kappa shape index (κ1) is 11.5. The molecule has 3 nitrogen and oxygen atoms in total. The van der Waals surface area contributed by atoms with E-state index < -0.39 is 11.7 Å². The molecule has 0 bridgehead atoms. The predicted molar refractivity (Wildman–Crippen MR) is 51.8 cm³/mol. The number of anilines is 1. The van der Waals surface area contributed by atoms with E-state index in [1.807, 2.05) is 0 Å². The van der Waals surface area contributed by atoms with Crippen molar-refractivity contribution in [2.24, 2.45) is 5.10 Å². The molecule has 0 saturated heterocycles. The molecule has 15 heavy (non-hydrogen) atoms. The van der Waals surface area contributed by atoms with Crippen molar-refractivity contribution < 1.29 is 13.2 Å². The van der Waals surface area contributed by atoms with Crippen LogP contribution in [0.25, 0.3) is 0 Å². The second kappa shape index (κ2) is 4.29. The number of hydrazone groups is 1. The standard InChI is InChI=1S/C9H10F3N3/c1-3-14-15(2)8-5-4-7(6-13-8)9(10,11)12/h3-6H,1-2H3/b14-3+. The zero-order chi connectivity index (χ0) is 11.5. The molecule has 0 atom stereocenters. The average molecular weight is 217 g/mol. The third-order valence-corrected chi connectivity index (χ3v) is 1.70. The van der Waals surface area contributed by atoms with Gasteiger partial charge in [0.2, 0.25) is 0 Å². The molecule has 1 rings (SSSR count). The first-order valence-corrected chi connectivity index (χ1v) is 4.20. The minimum absolute atomic E-state index is 0.362. The maximum atomic E-state index is 12.2. The summed E-state index contributed by atoms with van der Waals surface area (Å²) in [7, 11) is 1.61. The van der Waals surface area contributed by atoms with Crippen LogP contribution in [0.15, 0.2) is 23.4 Å². The van der Waals surface area contributed by atoms with Crippen molar-refractivity contribution in [2.75, 3.05) is 12.1 Å². The van der Waals surface area contributed by atoms with E-state index in [9.17, 15) is 13.2 Å². The largest absolute Gasteiger partial charge is 0.417 e. The number of halogens is 3. The van der Waals surface area contributed by atoms with Crippen LogP contribution < -0.4 is 5.01 Å². The molecular formula is C9H10F3N3. The molecule has 0 aliphatic heterocycles.